The summed E-state index contributed by atoms with van der Waals surface area (Å²) >= 11 is 0. The lowest BCUT2D eigenvalue weighted by atomic mass is 9.70. The third kappa shape index (κ3) is 3.53. The molecule has 2 fully saturated rings. The quantitative estimate of drug-likeness (QED) is 0.399. The van der Waals surface area contributed by atoms with Gasteiger partial charge in [0.1, 0.15) is 11.9 Å². The standard InChI is InChI=1S/C17H22BN2O8/c21-10-5-12(19-6-10)16(22)20-7-11(8-20)27-13-2-1-9-3-4-18(25,26)28-15(9)14(13)17(23)24/h1-2,10-12,19,21,25-26H,3-8H2,(H,23,24)/q-1/p-1/t10-,12+/m1/s1. The minimum Gasteiger partial charge on any atom is -0.669 e. The highest BCUT2D eigenvalue weighted by Gasteiger charge is 2.39. The maximum Gasteiger partial charge on any atom is 0.430 e. The van der Waals surface area contributed by atoms with Gasteiger partial charge in [-0.15, -0.1) is 0 Å². The number of carboxylic acids is 1. The number of aryl methyl sites for hydroxylation is 1. The molecule has 0 bridgehead atoms. The second kappa shape index (κ2) is 6.92. The molecule has 2 atom stereocenters. The number of nitrogens with one attached hydrogen (secondary N) is 1. The molecule has 0 spiro atoms. The average Bonchev–Trinajstić information content (AvgIpc) is 3.02. The topological polar surface area (TPSA) is 152 Å². The summed E-state index contributed by atoms with van der Waals surface area (Å²) in [6.07, 6.45) is -0.342. The molecule has 10 nitrogen and oxygen atoms in total. The fourth-order valence-corrected chi connectivity index (χ4v) is 3.82. The Kier molecular flexibility index (Phi) is 4.70. The summed E-state index contributed by atoms with van der Waals surface area (Å²) in [6.45, 7) is -2.18. The number of hydrogen-bond donors (Lipinski definition) is 4. The number of β-amino-alcohol motifs (C(OH)–C–C–N with tert-alkyl or cyclic N) is 1. The number of aliphatic hydroxyl groups excluding tert-OH is 1. The Morgan fingerprint density at radius 1 is 1.32 bits per heavy atom. The predicted molar refractivity (Wildman–Crippen MR) is 93.5 cm³/mol. The average molecular weight is 392 g/mol. The van der Waals surface area contributed by atoms with E-state index in [1.54, 1.807) is 11.0 Å². The summed E-state index contributed by atoms with van der Waals surface area (Å²) in [5.74, 6) is -1.82. The minimum absolute atomic E-state index is 0.00115. The number of likely N-dealkylation sites (tertiary alicyclic amines) is 1. The van der Waals surface area contributed by atoms with Gasteiger partial charge in [-0.05, 0) is 24.5 Å². The molecular formula is C17H21BN2O8-2. The first-order valence-electron chi connectivity index (χ1n) is 9.27. The number of carbonyl (C=O) groups excluding carboxylic acids is 2. The summed E-state index contributed by atoms with van der Waals surface area (Å²) in [5, 5.41) is 43.6. The number of hydrogen-bond acceptors (Lipinski definition) is 9. The molecule has 2 saturated heterocycles. The number of carbonyl (C=O) groups is 2. The van der Waals surface area contributed by atoms with E-state index in [2.05, 4.69) is 5.32 Å². The van der Waals surface area contributed by atoms with Crippen molar-refractivity contribution >= 4 is 18.6 Å². The molecule has 28 heavy (non-hydrogen) atoms. The van der Waals surface area contributed by atoms with Gasteiger partial charge in [-0.3, -0.25) is 4.79 Å². The first kappa shape index (κ1) is 19.0. The van der Waals surface area contributed by atoms with Gasteiger partial charge in [0.05, 0.1) is 42.5 Å². The molecule has 4 rings (SSSR count). The molecule has 0 saturated carbocycles. The largest absolute Gasteiger partial charge is 0.669 e. The van der Waals surface area contributed by atoms with Crippen LogP contribution in [0.2, 0.25) is 6.32 Å². The van der Waals surface area contributed by atoms with Gasteiger partial charge in [-0.25, -0.2) is 0 Å². The highest BCUT2D eigenvalue weighted by molar-refractivity contribution is 6.59. The molecule has 1 amide bonds. The molecular weight excluding hydrogens is 371 g/mol. The van der Waals surface area contributed by atoms with Crippen LogP contribution in [-0.4, -0.2) is 76.6 Å². The first-order valence-corrected chi connectivity index (χ1v) is 9.27. The van der Waals surface area contributed by atoms with Gasteiger partial charge < -0.3 is 44.7 Å². The molecule has 3 heterocycles. The van der Waals surface area contributed by atoms with E-state index in [4.69, 9.17) is 9.39 Å². The van der Waals surface area contributed by atoms with E-state index in [1.165, 1.54) is 6.07 Å². The Morgan fingerprint density at radius 3 is 2.71 bits per heavy atom. The molecule has 152 valence electrons. The number of ether oxygens (including phenoxy) is 1. The lowest BCUT2D eigenvalue weighted by Gasteiger charge is -2.41. The van der Waals surface area contributed by atoms with Gasteiger partial charge >= 0.3 is 6.75 Å². The van der Waals surface area contributed by atoms with Crippen LogP contribution in [0.3, 0.4) is 0 Å². The molecule has 4 N–H and O–H groups in total. The Hall–Kier alpha value is -2.34. The smallest absolute Gasteiger partial charge is 0.430 e. The highest BCUT2D eigenvalue weighted by Crippen LogP contribution is 2.38. The second-order valence-electron chi connectivity index (χ2n) is 7.56. The third-order valence-corrected chi connectivity index (χ3v) is 5.36. The number of aliphatic hydroxyl groups is 1. The van der Waals surface area contributed by atoms with Crippen molar-refractivity contribution in [3.63, 3.8) is 0 Å². The Bertz CT molecular complexity index is 811. The first-order chi connectivity index (χ1) is 13.2. The van der Waals surface area contributed by atoms with Crippen molar-refractivity contribution in [1.29, 1.82) is 0 Å². The van der Waals surface area contributed by atoms with Crippen LogP contribution in [0.4, 0.5) is 0 Å². The maximum atomic E-state index is 12.3. The van der Waals surface area contributed by atoms with E-state index >= 15 is 0 Å². The van der Waals surface area contributed by atoms with Crippen LogP contribution in [0.5, 0.6) is 11.5 Å². The predicted octanol–water partition coefficient (Wildman–Crippen LogP) is -2.78. The number of amides is 1. The van der Waals surface area contributed by atoms with Gasteiger partial charge in [0, 0.05) is 6.54 Å². The highest BCUT2D eigenvalue weighted by atomic mass is 16.6. The lowest BCUT2D eigenvalue weighted by molar-refractivity contribution is -0.255. The molecule has 3 aliphatic rings. The molecule has 1 aromatic rings. The molecule has 0 unspecified atom stereocenters. The van der Waals surface area contributed by atoms with Gasteiger partial charge in [-0.2, -0.15) is 0 Å². The van der Waals surface area contributed by atoms with Crippen molar-refractivity contribution in [3.8, 4) is 11.5 Å². The van der Waals surface area contributed by atoms with Crippen LogP contribution in [0.1, 0.15) is 22.3 Å². The zero-order valence-electron chi connectivity index (χ0n) is 15.0. The van der Waals surface area contributed by atoms with E-state index < -0.39 is 31.0 Å². The monoisotopic (exact) mass is 392 g/mol. The number of benzene rings is 1. The van der Waals surface area contributed by atoms with Crippen molar-refractivity contribution in [1.82, 2.24) is 10.2 Å². The Morgan fingerprint density at radius 2 is 2.07 bits per heavy atom. The summed E-state index contributed by atoms with van der Waals surface area (Å²) in [6, 6.07) is 2.69. The van der Waals surface area contributed by atoms with E-state index in [1.807, 2.05) is 0 Å². The molecule has 0 aromatic heterocycles. The fourth-order valence-electron chi connectivity index (χ4n) is 3.82. The van der Waals surface area contributed by atoms with Gasteiger partial charge in [0.15, 0.2) is 0 Å². The van der Waals surface area contributed by atoms with Gasteiger partial charge in [0.25, 0.3) is 0 Å². The second-order valence-corrected chi connectivity index (χ2v) is 7.56. The minimum atomic E-state index is -3.12. The Balaban J connectivity index is 1.45. The van der Waals surface area contributed by atoms with Gasteiger partial charge in [-0.1, -0.05) is 12.4 Å². The summed E-state index contributed by atoms with van der Waals surface area (Å²) in [5.41, 5.74) is 0.167. The van der Waals surface area contributed by atoms with Crippen molar-refractivity contribution in [2.45, 2.75) is 37.4 Å². The van der Waals surface area contributed by atoms with Crippen molar-refractivity contribution in [2.75, 3.05) is 19.6 Å². The molecule has 11 heteroatoms. The summed E-state index contributed by atoms with van der Waals surface area (Å²) < 4.78 is 10.8. The Labute approximate surface area is 160 Å². The van der Waals surface area contributed by atoms with Crippen LogP contribution in [0, 0.1) is 0 Å². The van der Waals surface area contributed by atoms with E-state index in [0.717, 1.165) is 0 Å². The van der Waals surface area contributed by atoms with Crippen LogP contribution < -0.4 is 19.8 Å². The van der Waals surface area contributed by atoms with Gasteiger partial charge in [0.2, 0.25) is 5.91 Å². The van der Waals surface area contributed by atoms with Crippen molar-refractivity contribution in [2.24, 2.45) is 0 Å². The summed E-state index contributed by atoms with van der Waals surface area (Å²) in [7, 11) is 0. The van der Waals surface area contributed by atoms with Crippen LogP contribution in [-0.2, 0) is 11.2 Å². The van der Waals surface area contributed by atoms with Crippen LogP contribution >= 0.6 is 0 Å². The van der Waals surface area contributed by atoms with Crippen LogP contribution in [0.25, 0.3) is 0 Å². The van der Waals surface area contributed by atoms with Crippen LogP contribution in [0.15, 0.2) is 12.1 Å². The normalized spacial score (nSPS) is 26.2. The van der Waals surface area contributed by atoms with E-state index in [9.17, 15) is 29.9 Å². The number of fused-ring (bicyclic) bond motifs is 1. The van der Waals surface area contributed by atoms with E-state index in [-0.39, 0.29) is 48.8 Å². The fraction of sp³-hybridized carbons (Fsp3) is 0.529. The maximum absolute atomic E-state index is 12.3. The van der Waals surface area contributed by atoms with Crippen molar-refractivity contribution < 1.29 is 39.2 Å². The third-order valence-electron chi connectivity index (χ3n) is 5.36. The molecule has 1 aromatic carbocycles. The lowest BCUT2D eigenvalue weighted by Crippen LogP contribution is -2.59. The summed E-state index contributed by atoms with van der Waals surface area (Å²) in [4.78, 5) is 25.5. The number of aromatic carboxylic acids is 1. The van der Waals surface area contributed by atoms with Crippen molar-refractivity contribution in [3.05, 3.63) is 23.3 Å². The van der Waals surface area contributed by atoms with E-state index in [0.29, 0.717) is 18.5 Å². The zero-order valence-corrected chi connectivity index (χ0v) is 15.0. The molecule has 0 aliphatic carbocycles. The molecule has 3 aliphatic heterocycles. The number of rotatable bonds is 4. The number of nitrogens with zero attached hydrogens (tertiary/aromatic N) is 1. The SMILES string of the molecule is O=C([O-])c1c(OC2CN(C(=O)[C@@H]3C[C@@H](O)CN3)C2)ccc2c1O[B-](O)(O)CC2. The number of carboxylic acid groups (broad SMARTS) is 1. The molecule has 0 radical (unpaired) electrons. The zero-order chi connectivity index (χ0) is 20.1.